The lowest BCUT2D eigenvalue weighted by atomic mass is 9.81. The number of hydrogen-bond acceptors (Lipinski definition) is 4. The third kappa shape index (κ3) is 3.94. The van der Waals surface area contributed by atoms with Gasteiger partial charge in [-0.1, -0.05) is 66.7 Å². The number of benzene rings is 3. The molecule has 150 valence electrons. The highest BCUT2D eigenvalue weighted by atomic mass is 16.3. The van der Waals surface area contributed by atoms with Crippen LogP contribution in [0.1, 0.15) is 23.5 Å². The normalized spacial score (nSPS) is 14.9. The van der Waals surface area contributed by atoms with Gasteiger partial charge in [-0.15, -0.1) is 0 Å². The van der Waals surface area contributed by atoms with Gasteiger partial charge in [-0.2, -0.15) is 0 Å². The summed E-state index contributed by atoms with van der Waals surface area (Å²) in [5.74, 6) is -0.134. The fourth-order valence-electron chi connectivity index (χ4n) is 3.86. The Bertz CT molecular complexity index is 1140. The van der Waals surface area contributed by atoms with Gasteiger partial charge in [-0.25, -0.2) is 0 Å². The Morgan fingerprint density at radius 2 is 1.50 bits per heavy atom. The number of rotatable bonds is 4. The van der Waals surface area contributed by atoms with Gasteiger partial charge in [0.1, 0.15) is 11.5 Å². The van der Waals surface area contributed by atoms with Crippen molar-refractivity contribution in [1.82, 2.24) is 0 Å². The SMILES string of the molecule is NC1=CC(O)=C(C(c2ccc(-c3ccccc3)cc2)c2ccc(N)cc2O)CC=C1. The van der Waals surface area contributed by atoms with E-state index in [2.05, 4.69) is 24.3 Å². The first-order chi connectivity index (χ1) is 14.5. The summed E-state index contributed by atoms with van der Waals surface area (Å²) >= 11 is 0. The number of nitrogens with two attached hydrogens (primary N) is 2. The molecule has 1 atom stereocenters. The van der Waals surface area contributed by atoms with Crippen LogP contribution in [-0.4, -0.2) is 10.2 Å². The van der Waals surface area contributed by atoms with Crippen LogP contribution in [0.4, 0.5) is 5.69 Å². The van der Waals surface area contributed by atoms with E-state index < -0.39 is 0 Å². The second-order valence-corrected chi connectivity index (χ2v) is 7.40. The molecule has 4 rings (SSSR count). The topological polar surface area (TPSA) is 92.5 Å². The number of phenolic OH excluding ortho intramolecular Hbond substituents is 1. The Labute approximate surface area is 176 Å². The lowest BCUT2D eigenvalue weighted by Gasteiger charge is -2.23. The van der Waals surface area contributed by atoms with Crippen LogP contribution in [0.15, 0.2) is 108 Å². The van der Waals surface area contributed by atoms with E-state index in [1.165, 1.54) is 6.07 Å². The van der Waals surface area contributed by atoms with Crippen LogP contribution < -0.4 is 11.5 Å². The molecule has 0 fully saturated rings. The van der Waals surface area contributed by atoms with Crippen molar-refractivity contribution in [1.29, 1.82) is 0 Å². The smallest absolute Gasteiger partial charge is 0.121 e. The van der Waals surface area contributed by atoms with Gasteiger partial charge in [0.25, 0.3) is 0 Å². The number of nitrogen functional groups attached to an aromatic ring is 1. The highest BCUT2D eigenvalue weighted by molar-refractivity contribution is 5.64. The van der Waals surface area contributed by atoms with Crippen LogP contribution >= 0.6 is 0 Å². The molecule has 6 N–H and O–H groups in total. The number of aliphatic hydroxyl groups excluding tert-OH is 1. The summed E-state index contributed by atoms with van der Waals surface area (Å²) in [4.78, 5) is 0. The van der Waals surface area contributed by atoms with Crippen molar-refractivity contribution in [2.45, 2.75) is 12.3 Å². The van der Waals surface area contributed by atoms with Crippen LogP contribution in [0.3, 0.4) is 0 Å². The lowest BCUT2D eigenvalue weighted by Crippen LogP contribution is -2.08. The number of aromatic hydroxyl groups is 1. The van der Waals surface area contributed by atoms with E-state index in [4.69, 9.17) is 11.5 Å². The van der Waals surface area contributed by atoms with Gasteiger partial charge in [-0.05, 0) is 40.8 Å². The maximum atomic E-state index is 10.8. The maximum Gasteiger partial charge on any atom is 0.121 e. The summed E-state index contributed by atoms with van der Waals surface area (Å²) in [6, 6.07) is 23.4. The molecule has 3 aromatic carbocycles. The van der Waals surface area contributed by atoms with Gasteiger partial charge in [0.2, 0.25) is 0 Å². The first kappa shape index (κ1) is 19.4. The van der Waals surface area contributed by atoms with E-state index in [0.29, 0.717) is 23.4 Å². The molecule has 0 saturated carbocycles. The van der Waals surface area contributed by atoms with E-state index in [9.17, 15) is 10.2 Å². The minimum Gasteiger partial charge on any atom is -0.508 e. The molecule has 1 aliphatic carbocycles. The summed E-state index contributed by atoms with van der Waals surface area (Å²) < 4.78 is 0. The van der Waals surface area contributed by atoms with Crippen molar-refractivity contribution in [2.24, 2.45) is 5.73 Å². The fourth-order valence-corrected chi connectivity index (χ4v) is 3.86. The summed E-state index contributed by atoms with van der Waals surface area (Å²) in [6.07, 6.45) is 5.77. The van der Waals surface area contributed by atoms with E-state index in [1.807, 2.05) is 42.5 Å². The van der Waals surface area contributed by atoms with Gasteiger partial charge in [0.15, 0.2) is 0 Å². The summed E-state index contributed by atoms with van der Waals surface area (Å²) in [6.45, 7) is 0. The number of hydrogen-bond donors (Lipinski definition) is 4. The van der Waals surface area contributed by atoms with Gasteiger partial charge in [0, 0.05) is 35.0 Å². The summed E-state index contributed by atoms with van der Waals surface area (Å²) in [7, 11) is 0. The molecule has 0 amide bonds. The molecular formula is C26H24N2O2. The monoisotopic (exact) mass is 396 g/mol. The Balaban J connectivity index is 1.84. The predicted octanol–water partition coefficient (Wildman–Crippen LogP) is 5.39. The third-order valence-electron chi connectivity index (χ3n) is 5.35. The van der Waals surface area contributed by atoms with E-state index >= 15 is 0 Å². The molecule has 0 bridgehead atoms. The highest BCUT2D eigenvalue weighted by Crippen LogP contribution is 2.41. The standard InChI is InChI=1S/C26H24N2O2/c27-20-7-4-8-22(24(29)15-20)26(23-14-13-21(28)16-25(23)30)19-11-9-18(10-12-19)17-5-2-1-3-6-17/h1-7,9-16,26,29-30H,8,27-28H2. The van der Waals surface area contributed by atoms with Gasteiger partial charge in [0.05, 0.1) is 0 Å². The molecule has 0 spiro atoms. The Morgan fingerprint density at radius 3 is 2.20 bits per heavy atom. The maximum absolute atomic E-state index is 10.8. The van der Waals surface area contributed by atoms with Crippen molar-refractivity contribution >= 4 is 5.69 Å². The molecule has 0 aliphatic heterocycles. The Kier molecular flexibility index (Phi) is 5.31. The zero-order valence-corrected chi connectivity index (χ0v) is 16.5. The van der Waals surface area contributed by atoms with E-state index in [-0.39, 0.29) is 17.4 Å². The number of allylic oxidation sites excluding steroid dienone is 4. The third-order valence-corrected chi connectivity index (χ3v) is 5.35. The molecule has 30 heavy (non-hydrogen) atoms. The second kappa shape index (κ2) is 8.21. The van der Waals surface area contributed by atoms with E-state index in [0.717, 1.165) is 22.3 Å². The minimum atomic E-state index is -0.345. The Morgan fingerprint density at radius 1 is 0.800 bits per heavy atom. The number of aliphatic hydroxyl groups is 1. The quantitative estimate of drug-likeness (QED) is 0.445. The predicted molar refractivity (Wildman–Crippen MR) is 122 cm³/mol. The molecule has 0 saturated heterocycles. The van der Waals surface area contributed by atoms with Crippen molar-refractivity contribution in [3.05, 3.63) is 119 Å². The van der Waals surface area contributed by atoms with Gasteiger partial charge < -0.3 is 21.7 Å². The van der Waals surface area contributed by atoms with Crippen molar-refractivity contribution < 1.29 is 10.2 Å². The minimum absolute atomic E-state index is 0.0950. The molecule has 4 nitrogen and oxygen atoms in total. The second-order valence-electron chi connectivity index (χ2n) is 7.40. The molecule has 1 unspecified atom stereocenters. The van der Waals surface area contributed by atoms with Crippen molar-refractivity contribution in [3.63, 3.8) is 0 Å². The van der Waals surface area contributed by atoms with Crippen LogP contribution in [-0.2, 0) is 0 Å². The lowest BCUT2D eigenvalue weighted by molar-refractivity contribution is 0.418. The molecule has 3 aromatic rings. The van der Waals surface area contributed by atoms with Crippen molar-refractivity contribution in [3.8, 4) is 16.9 Å². The van der Waals surface area contributed by atoms with Crippen LogP contribution in [0.25, 0.3) is 11.1 Å². The zero-order chi connectivity index (χ0) is 21.1. The van der Waals surface area contributed by atoms with Crippen molar-refractivity contribution in [2.75, 3.05) is 5.73 Å². The van der Waals surface area contributed by atoms with Crippen LogP contribution in [0, 0.1) is 0 Å². The highest BCUT2D eigenvalue weighted by Gasteiger charge is 2.25. The van der Waals surface area contributed by atoms with Gasteiger partial charge in [-0.3, -0.25) is 0 Å². The molecule has 0 radical (unpaired) electrons. The molecule has 4 heteroatoms. The molecular weight excluding hydrogens is 372 g/mol. The molecule has 0 aromatic heterocycles. The van der Waals surface area contributed by atoms with Gasteiger partial charge >= 0.3 is 0 Å². The zero-order valence-electron chi connectivity index (χ0n) is 16.5. The first-order valence-corrected chi connectivity index (χ1v) is 9.82. The largest absolute Gasteiger partial charge is 0.508 e. The fraction of sp³-hybridized carbons (Fsp3) is 0.0769. The average Bonchev–Trinajstić information content (AvgIpc) is 2.91. The first-order valence-electron chi connectivity index (χ1n) is 9.82. The van der Waals surface area contributed by atoms with E-state index in [1.54, 1.807) is 18.2 Å². The molecule has 0 heterocycles. The Hall–Kier alpha value is -3.92. The summed E-state index contributed by atoms with van der Waals surface area (Å²) in [5.41, 5.74) is 17.4. The van der Waals surface area contributed by atoms with Crippen LogP contribution in [0.5, 0.6) is 5.75 Å². The molecule has 1 aliphatic rings. The summed E-state index contributed by atoms with van der Waals surface area (Å²) in [5, 5.41) is 21.4. The van der Waals surface area contributed by atoms with Crippen LogP contribution in [0.2, 0.25) is 0 Å². The number of anilines is 1. The average molecular weight is 396 g/mol. The number of phenols is 1.